The van der Waals surface area contributed by atoms with Crippen LogP contribution in [-0.4, -0.2) is 0 Å². The van der Waals surface area contributed by atoms with E-state index in [9.17, 15) is 0 Å². The molecular weight excluding hydrogens is 218 g/mol. The molecule has 0 saturated carbocycles. The Morgan fingerprint density at radius 1 is 0.944 bits per heavy atom. The summed E-state index contributed by atoms with van der Waals surface area (Å²) in [5.74, 6) is 0.851. The highest BCUT2D eigenvalue weighted by Crippen LogP contribution is 2.17. The molecule has 1 nitrogen and oxygen atoms in total. The quantitative estimate of drug-likeness (QED) is 0.471. The number of rotatable bonds is 9. The minimum Gasteiger partial charge on any atom is -0.399 e. The van der Waals surface area contributed by atoms with E-state index in [0.29, 0.717) is 0 Å². The second kappa shape index (κ2) is 9.02. The van der Waals surface area contributed by atoms with E-state index in [-0.39, 0.29) is 0 Å². The van der Waals surface area contributed by atoms with Gasteiger partial charge in [-0.3, -0.25) is 0 Å². The number of hydrogen-bond acceptors (Lipinski definition) is 1. The van der Waals surface area contributed by atoms with Crippen LogP contribution in [0.4, 0.5) is 5.69 Å². The molecule has 0 aliphatic heterocycles. The Kier molecular flexibility index (Phi) is 7.55. The zero-order valence-electron chi connectivity index (χ0n) is 12.1. The van der Waals surface area contributed by atoms with E-state index in [4.69, 9.17) is 5.73 Å². The molecule has 1 unspecified atom stereocenters. The highest BCUT2D eigenvalue weighted by Gasteiger charge is 2.03. The monoisotopic (exact) mass is 247 g/mol. The van der Waals surface area contributed by atoms with Gasteiger partial charge in [-0.05, 0) is 36.5 Å². The highest BCUT2D eigenvalue weighted by atomic mass is 14.5. The molecule has 1 aromatic rings. The van der Waals surface area contributed by atoms with Crippen molar-refractivity contribution >= 4 is 5.69 Å². The topological polar surface area (TPSA) is 26.0 Å². The minimum atomic E-state index is 0.851. The van der Waals surface area contributed by atoms with Crippen molar-refractivity contribution in [1.82, 2.24) is 0 Å². The Morgan fingerprint density at radius 3 is 2.28 bits per heavy atom. The molecule has 2 N–H and O–H groups in total. The van der Waals surface area contributed by atoms with Crippen molar-refractivity contribution in [3.05, 3.63) is 29.8 Å². The maximum atomic E-state index is 5.69. The first kappa shape index (κ1) is 15.1. The number of aryl methyl sites for hydroxylation is 1. The molecule has 0 aliphatic rings. The Labute approximate surface area is 113 Å². The molecule has 0 fully saturated rings. The summed E-state index contributed by atoms with van der Waals surface area (Å²) in [7, 11) is 0. The van der Waals surface area contributed by atoms with E-state index >= 15 is 0 Å². The third-order valence-electron chi connectivity index (χ3n) is 3.71. The Hall–Kier alpha value is -0.980. The van der Waals surface area contributed by atoms with Crippen LogP contribution >= 0.6 is 0 Å². The maximum Gasteiger partial charge on any atom is 0.0314 e. The molecule has 0 radical (unpaired) electrons. The molecular formula is C17H29N. The third kappa shape index (κ3) is 6.68. The predicted octanol–water partition coefficient (Wildman–Crippen LogP) is 5.20. The average molecular weight is 247 g/mol. The van der Waals surface area contributed by atoms with Crippen LogP contribution in [0.5, 0.6) is 0 Å². The number of benzene rings is 1. The molecule has 0 aromatic heterocycles. The van der Waals surface area contributed by atoms with E-state index < -0.39 is 0 Å². The van der Waals surface area contributed by atoms with Crippen molar-refractivity contribution < 1.29 is 0 Å². The molecule has 0 amide bonds. The molecule has 1 atom stereocenters. The summed E-state index contributed by atoms with van der Waals surface area (Å²) in [6, 6.07) is 8.32. The summed E-state index contributed by atoms with van der Waals surface area (Å²) in [5, 5.41) is 0. The number of anilines is 1. The van der Waals surface area contributed by atoms with Gasteiger partial charge in [0.05, 0.1) is 0 Å². The average Bonchev–Trinajstić information content (AvgIpc) is 2.38. The van der Waals surface area contributed by atoms with Crippen LogP contribution in [0.2, 0.25) is 0 Å². The highest BCUT2D eigenvalue weighted by molar-refractivity contribution is 5.39. The van der Waals surface area contributed by atoms with Crippen LogP contribution in [0, 0.1) is 5.92 Å². The molecule has 0 heterocycles. The van der Waals surface area contributed by atoms with Crippen molar-refractivity contribution in [2.45, 2.75) is 65.2 Å². The Morgan fingerprint density at radius 2 is 1.61 bits per heavy atom. The lowest BCUT2D eigenvalue weighted by atomic mass is 9.95. The molecule has 0 spiro atoms. The molecule has 0 saturated heterocycles. The van der Waals surface area contributed by atoms with Gasteiger partial charge >= 0.3 is 0 Å². The molecule has 1 rings (SSSR count). The maximum absolute atomic E-state index is 5.69. The smallest absolute Gasteiger partial charge is 0.0314 e. The number of nitrogens with two attached hydrogens (primary N) is 1. The second-order valence-electron chi connectivity index (χ2n) is 5.59. The van der Waals surface area contributed by atoms with Gasteiger partial charge in [0.15, 0.2) is 0 Å². The summed E-state index contributed by atoms with van der Waals surface area (Å²) < 4.78 is 0. The van der Waals surface area contributed by atoms with Gasteiger partial charge in [-0.25, -0.2) is 0 Å². The van der Waals surface area contributed by atoms with Crippen molar-refractivity contribution in [2.75, 3.05) is 5.73 Å². The van der Waals surface area contributed by atoms with Gasteiger partial charge in [0, 0.05) is 5.69 Å². The van der Waals surface area contributed by atoms with Gasteiger partial charge in [0.1, 0.15) is 0 Å². The van der Waals surface area contributed by atoms with Gasteiger partial charge in [0.2, 0.25) is 0 Å². The summed E-state index contributed by atoms with van der Waals surface area (Å²) in [6.45, 7) is 4.66. The van der Waals surface area contributed by atoms with Crippen molar-refractivity contribution in [3.63, 3.8) is 0 Å². The van der Waals surface area contributed by atoms with Gasteiger partial charge in [0.25, 0.3) is 0 Å². The van der Waals surface area contributed by atoms with Crippen LogP contribution in [0.25, 0.3) is 0 Å². The number of hydrogen-bond donors (Lipinski definition) is 1. The van der Waals surface area contributed by atoms with Crippen molar-refractivity contribution in [1.29, 1.82) is 0 Å². The van der Waals surface area contributed by atoms with E-state index in [1.807, 2.05) is 12.1 Å². The van der Waals surface area contributed by atoms with E-state index in [1.54, 1.807) is 0 Å². The second-order valence-corrected chi connectivity index (χ2v) is 5.59. The Balaban J connectivity index is 2.09. The zero-order valence-corrected chi connectivity index (χ0v) is 12.1. The number of nitrogen functional groups attached to an aromatic ring is 1. The van der Waals surface area contributed by atoms with E-state index in [2.05, 4.69) is 26.0 Å². The van der Waals surface area contributed by atoms with Crippen molar-refractivity contribution in [3.8, 4) is 0 Å². The first-order valence-corrected chi connectivity index (χ1v) is 7.56. The molecule has 0 bridgehead atoms. The summed E-state index contributed by atoms with van der Waals surface area (Å²) >= 11 is 0. The standard InChI is InChI=1S/C17H29N/c1-3-4-5-6-7-8-15(2)9-10-16-11-13-17(18)14-12-16/h11-15H,3-10,18H2,1-2H3. The van der Waals surface area contributed by atoms with Gasteiger partial charge in [-0.2, -0.15) is 0 Å². The number of unbranched alkanes of at least 4 members (excludes halogenated alkanes) is 4. The first-order valence-electron chi connectivity index (χ1n) is 7.56. The van der Waals surface area contributed by atoms with Gasteiger partial charge in [-0.1, -0.05) is 64.5 Å². The summed E-state index contributed by atoms with van der Waals surface area (Å²) in [5.41, 5.74) is 7.97. The van der Waals surface area contributed by atoms with Gasteiger partial charge < -0.3 is 5.73 Å². The summed E-state index contributed by atoms with van der Waals surface area (Å²) in [6.07, 6.45) is 10.9. The fourth-order valence-corrected chi connectivity index (χ4v) is 2.34. The van der Waals surface area contributed by atoms with Crippen molar-refractivity contribution in [2.24, 2.45) is 5.92 Å². The van der Waals surface area contributed by atoms with Crippen LogP contribution in [0.3, 0.4) is 0 Å². The largest absolute Gasteiger partial charge is 0.399 e. The molecule has 1 heteroatoms. The fraction of sp³-hybridized carbons (Fsp3) is 0.647. The lowest BCUT2D eigenvalue weighted by molar-refractivity contribution is 0.457. The minimum absolute atomic E-state index is 0.851. The van der Waals surface area contributed by atoms with Crippen LogP contribution in [0.15, 0.2) is 24.3 Å². The lowest BCUT2D eigenvalue weighted by Gasteiger charge is -2.11. The van der Waals surface area contributed by atoms with Crippen LogP contribution < -0.4 is 5.73 Å². The zero-order chi connectivity index (χ0) is 13.2. The van der Waals surface area contributed by atoms with Crippen LogP contribution in [-0.2, 0) is 6.42 Å². The molecule has 102 valence electrons. The van der Waals surface area contributed by atoms with Gasteiger partial charge in [-0.15, -0.1) is 0 Å². The lowest BCUT2D eigenvalue weighted by Crippen LogP contribution is -1.98. The van der Waals surface area contributed by atoms with Crippen LogP contribution in [0.1, 0.15) is 64.4 Å². The van der Waals surface area contributed by atoms with E-state index in [1.165, 1.54) is 56.9 Å². The molecule has 18 heavy (non-hydrogen) atoms. The third-order valence-corrected chi connectivity index (χ3v) is 3.71. The SMILES string of the molecule is CCCCCCCC(C)CCc1ccc(N)cc1. The summed E-state index contributed by atoms with van der Waals surface area (Å²) in [4.78, 5) is 0. The Bertz CT molecular complexity index is 302. The normalized spacial score (nSPS) is 12.6. The molecule has 0 aliphatic carbocycles. The fourth-order valence-electron chi connectivity index (χ4n) is 2.34. The molecule has 1 aromatic carbocycles. The predicted molar refractivity (Wildman–Crippen MR) is 81.7 cm³/mol. The first-order chi connectivity index (χ1) is 8.72. The van der Waals surface area contributed by atoms with E-state index in [0.717, 1.165) is 11.6 Å².